The Balaban J connectivity index is 2.25. The Bertz CT molecular complexity index is 978. The van der Waals surface area contributed by atoms with E-state index in [1.54, 1.807) is 0 Å². The Morgan fingerprint density at radius 2 is 0.744 bits per heavy atom. The van der Waals surface area contributed by atoms with Gasteiger partial charge in [-0.2, -0.15) is 0 Å². The van der Waals surface area contributed by atoms with Gasteiger partial charge >= 0.3 is 0 Å². The average Bonchev–Trinajstić information content (AvgIpc) is 2.74. The van der Waals surface area contributed by atoms with Gasteiger partial charge in [0, 0.05) is 0 Å². The smallest absolute Gasteiger partial charge is 0.228 e. The molecule has 2 rings (SSSR count). The molecule has 2 aromatic carbocycles. The van der Waals surface area contributed by atoms with E-state index in [1.807, 2.05) is 0 Å². The second-order valence-corrected chi connectivity index (χ2v) is 25.5. The number of benzene rings is 2. The monoisotopic (exact) mass is 570 g/mol. The fourth-order valence-corrected chi connectivity index (χ4v) is 5.84. The van der Waals surface area contributed by atoms with E-state index in [2.05, 4.69) is 168 Å². The number of nitrogens with zero attached hydrogens (tertiary/aromatic N) is 2. The molecule has 4 nitrogen and oxygen atoms in total. The van der Waals surface area contributed by atoms with Gasteiger partial charge < -0.3 is 9.05 Å². The molecule has 39 heavy (non-hydrogen) atoms. The summed E-state index contributed by atoms with van der Waals surface area (Å²) in [6, 6.07) is 17.8. The lowest BCUT2D eigenvalue weighted by Gasteiger charge is -2.45. The van der Waals surface area contributed by atoms with Gasteiger partial charge in [0.25, 0.3) is 0 Å². The van der Waals surface area contributed by atoms with Gasteiger partial charge in [0.15, 0.2) is 0 Å². The minimum atomic E-state index is -1.98. The molecule has 0 aromatic heterocycles. The first-order chi connectivity index (χ1) is 17.4. The minimum Gasteiger partial charge on any atom is -0.319 e. The largest absolute Gasteiger partial charge is 0.319 e. The lowest BCUT2D eigenvalue weighted by Crippen LogP contribution is -2.52. The van der Waals surface area contributed by atoms with E-state index in [4.69, 9.17) is 9.05 Å². The van der Waals surface area contributed by atoms with Crippen LogP contribution in [-0.2, 0) is 15.5 Å². The molecule has 0 N–H and O–H groups in total. The predicted molar refractivity (Wildman–Crippen MR) is 177 cm³/mol. The van der Waals surface area contributed by atoms with Gasteiger partial charge in [-0.15, -0.1) is 0 Å². The summed E-state index contributed by atoms with van der Waals surface area (Å²) in [7, 11) is -3.95. The summed E-state index contributed by atoms with van der Waals surface area (Å²) in [4.78, 5) is 0. The molecule has 2 aromatic rings. The molecule has 0 spiro atoms. The summed E-state index contributed by atoms with van der Waals surface area (Å²) in [6.45, 7) is 36.2. The van der Waals surface area contributed by atoms with Crippen LogP contribution in [0.25, 0.3) is 0 Å². The molecule has 0 saturated carbocycles. The summed E-state index contributed by atoms with van der Waals surface area (Å²) < 4.78 is 13.6. The van der Waals surface area contributed by atoms with Crippen LogP contribution in [0.15, 0.2) is 48.5 Å². The van der Waals surface area contributed by atoms with Crippen molar-refractivity contribution in [2.75, 3.05) is 10.1 Å². The molecule has 0 atom stereocenters. The Kier molecular flexibility index (Phi) is 9.77. The topological polar surface area (TPSA) is 24.9 Å². The van der Waals surface area contributed by atoms with Crippen molar-refractivity contribution in [3.8, 4) is 0 Å². The van der Waals surface area contributed by atoms with Gasteiger partial charge in [-0.1, -0.05) is 65.8 Å². The van der Waals surface area contributed by atoms with E-state index >= 15 is 0 Å². The molecule has 0 heterocycles. The molecule has 0 amide bonds. The van der Waals surface area contributed by atoms with E-state index < -0.39 is 16.6 Å². The second kappa shape index (κ2) is 11.3. The first-order valence-electron chi connectivity index (χ1n) is 14.5. The fraction of sp³-hybridized carbons (Fsp3) is 0.636. The molecule has 0 saturated heterocycles. The zero-order valence-electron chi connectivity index (χ0n) is 28.0. The SMILES string of the molecule is CC(C)(C)N(O[Si](C)(C)C(C)(C)C)c1ccc(Cc2ccc(N(O[Si](C)(C)C(C)(C)C)C(C)(C)C)cc2)cc1. The van der Waals surface area contributed by atoms with Crippen molar-refractivity contribution in [2.45, 2.75) is 137 Å². The number of hydrogen-bond donors (Lipinski definition) is 0. The maximum Gasteiger partial charge on any atom is 0.228 e. The molecular formula is C33H58N2O2Si2. The van der Waals surface area contributed by atoms with Crippen molar-refractivity contribution >= 4 is 28.0 Å². The van der Waals surface area contributed by atoms with Crippen molar-refractivity contribution in [3.63, 3.8) is 0 Å². The number of rotatable bonds is 8. The molecule has 0 unspecified atom stereocenters. The van der Waals surface area contributed by atoms with Gasteiger partial charge in [0.05, 0.1) is 22.5 Å². The van der Waals surface area contributed by atoms with Crippen LogP contribution in [0, 0.1) is 0 Å². The summed E-state index contributed by atoms with van der Waals surface area (Å²) in [5.41, 5.74) is 4.51. The van der Waals surface area contributed by atoms with Crippen LogP contribution >= 0.6 is 0 Å². The molecular weight excluding hydrogens is 513 g/mol. The molecule has 220 valence electrons. The Labute approximate surface area is 243 Å². The zero-order valence-corrected chi connectivity index (χ0v) is 30.0. The van der Waals surface area contributed by atoms with E-state index in [1.165, 1.54) is 11.1 Å². The highest BCUT2D eigenvalue weighted by Gasteiger charge is 2.43. The molecule has 6 heteroatoms. The van der Waals surface area contributed by atoms with Crippen molar-refractivity contribution in [1.82, 2.24) is 0 Å². The quantitative estimate of drug-likeness (QED) is 0.233. The first-order valence-corrected chi connectivity index (χ1v) is 20.3. The van der Waals surface area contributed by atoms with E-state index in [0.29, 0.717) is 0 Å². The van der Waals surface area contributed by atoms with Crippen molar-refractivity contribution in [3.05, 3.63) is 59.7 Å². The van der Waals surface area contributed by atoms with Crippen LogP contribution < -0.4 is 10.1 Å². The zero-order chi connectivity index (χ0) is 30.2. The Morgan fingerprint density at radius 1 is 0.487 bits per heavy atom. The summed E-state index contributed by atoms with van der Waals surface area (Å²) in [6.07, 6.45) is 0.887. The molecule has 0 aliphatic heterocycles. The minimum absolute atomic E-state index is 0.140. The van der Waals surface area contributed by atoms with Gasteiger partial charge in [0.1, 0.15) is 0 Å². The maximum absolute atomic E-state index is 6.79. The van der Waals surface area contributed by atoms with E-state index in [0.717, 1.165) is 17.8 Å². The van der Waals surface area contributed by atoms with Gasteiger partial charge in [-0.05, 0) is 120 Å². The summed E-state index contributed by atoms with van der Waals surface area (Å²) in [5, 5.41) is 4.54. The summed E-state index contributed by atoms with van der Waals surface area (Å²) in [5.74, 6) is 0. The van der Waals surface area contributed by atoms with Crippen LogP contribution in [0.2, 0.25) is 36.3 Å². The van der Waals surface area contributed by atoms with Crippen LogP contribution in [-0.4, -0.2) is 27.7 Å². The molecule has 0 bridgehead atoms. The molecule has 0 radical (unpaired) electrons. The van der Waals surface area contributed by atoms with Gasteiger partial charge in [0.2, 0.25) is 16.6 Å². The van der Waals surface area contributed by atoms with E-state index in [-0.39, 0.29) is 21.2 Å². The highest BCUT2D eigenvalue weighted by atomic mass is 28.4. The second-order valence-electron chi connectivity index (χ2n) is 16.1. The summed E-state index contributed by atoms with van der Waals surface area (Å²) >= 11 is 0. The van der Waals surface area contributed by atoms with Crippen LogP contribution in [0.4, 0.5) is 11.4 Å². The normalized spacial score (nSPS) is 13.9. The predicted octanol–water partition coefficient (Wildman–Crippen LogP) is 10.4. The lowest BCUT2D eigenvalue weighted by molar-refractivity contribution is 0.185. The van der Waals surface area contributed by atoms with Gasteiger partial charge in [-0.25, -0.2) is 0 Å². The van der Waals surface area contributed by atoms with Crippen molar-refractivity contribution < 1.29 is 9.05 Å². The van der Waals surface area contributed by atoms with Crippen molar-refractivity contribution in [2.24, 2.45) is 0 Å². The third kappa shape index (κ3) is 8.69. The Morgan fingerprint density at radius 3 is 0.949 bits per heavy atom. The average molecular weight is 571 g/mol. The number of anilines is 2. The van der Waals surface area contributed by atoms with Crippen LogP contribution in [0.1, 0.15) is 94.2 Å². The lowest BCUT2D eigenvalue weighted by atomic mass is 10.0. The third-order valence-electron chi connectivity index (χ3n) is 8.22. The van der Waals surface area contributed by atoms with Crippen LogP contribution in [0.3, 0.4) is 0 Å². The van der Waals surface area contributed by atoms with E-state index in [9.17, 15) is 0 Å². The molecule has 0 aliphatic rings. The highest BCUT2D eigenvalue weighted by molar-refractivity contribution is 6.74. The maximum atomic E-state index is 6.79. The number of hydrogen-bond acceptors (Lipinski definition) is 4. The number of hydroxylamine groups is 2. The van der Waals surface area contributed by atoms with Crippen LogP contribution in [0.5, 0.6) is 0 Å². The standard InChI is InChI=1S/C33H58N2O2Si2/c1-30(2,3)34(36-38(13,14)32(7,8)9)28-21-17-26(18-22-28)25-27-19-23-29(24-20-27)35(31(4,5)6)37-39(15,16)33(10,11)12/h17-24H,25H2,1-16H3. The Hall–Kier alpha value is -1.61. The van der Waals surface area contributed by atoms with Crippen molar-refractivity contribution in [1.29, 1.82) is 0 Å². The highest BCUT2D eigenvalue weighted by Crippen LogP contribution is 2.41. The first kappa shape index (κ1) is 33.6. The fourth-order valence-electron chi connectivity index (χ4n) is 3.62. The molecule has 0 fully saturated rings. The third-order valence-corrected chi connectivity index (χ3v) is 16.7. The van der Waals surface area contributed by atoms with Gasteiger partial charge in [-0.3, -0.25) is 10.1 Å². The molecule has 0 aliphatic carbocycles.